The summed E-state index contributed by atoms with van der Waals surface area (Å²) < 4.78 is 11.9. The van der Waals surface area contributed by atoms with Gasteiger partial charge in [-0.25, -0.2) is 0 Å². The van der Waals surface area contributed by atoms with Crippen LogP contribution in [0.5, 0.6) is 11.5 Å². The van der Waals surface area contributed by atoms with Gasteiger partial charge in [-0.2, -0.15) is 0 Å². The normalized spacial score (nSPS) is 12.1. The molecule has 28 heavy (non-hydrogen) atoms. The van der Waals surface area contributed by atoms with E-state index in [1.54, 1.807) is 7.11 Å². The van der Waals surface area contributed by atoms with Crippen molar-refractivity contribution in [2.75, 3.05) is 7.11 Å². The van der Waals surface area contributed by atoms with Crippen LogP contribution in [0.25, 0.3) is 21.5 Å². The third kappa shape index (κ3) is 3.60. The highest BCUT2D eigenvalue weighted by molar-refractivity contribution is 9.10. The van der Waals surface area contributed by atoms with Crippen molar-refractivity contribution in [2.24, 2.45) is 0 Å². The van der Waals surface area contributed by atoms with Gasteiger partial charge in [-0.3, -0.25) is 4.79 Å². The Morgan fingerprint density at radius 2 is 1.57 bits per heavy atom. The van der Waals surface area contributed by atoms with Gasteiger partial charge in [0.05, 0.1) is 13.0 Å². The molecular weight excluding hydrogens is 416 g/mol. The summed E-state index contributed by atoms with van der Waals surface area (Å²) >= 11 is 3.54. The Balaban J connectivity index is 1.57. The van der Waals surface area contributed by atoms with Crippen LogP contribution in [0, 0.1) is 0 Å². The van der Waals surface area contributed by atoms with E-state index in [0.29, 0.717) is 5.75 Å². The fraction of sp³-hybridized carbons (Fsp3) is 0.125. The molecule has 0 aliphatic heterocycles. The largest absolute Gasteiger partial charge is 0.497 e. The van der Waals surface area contributed by atoms with Gasteiger partial charge >= 0.3 is 5.97 Å². The first kappa shape index (κ1) is 18.5. The van der Waals surface area contributed by atoms with E-state index >= 15 is 0 Å². The highest BCUT2D eigenvalue weighted by Gasteiger charge is 2.18. The lowest BCUT2D eigenvalue weighted by Crippen LogP contribution is -2.16. The average molecular weight is 435 g/mol. The maximum atomic E-state index is 12.7. The minimum absolute atomic E-state index is 0.276. The molecule has 0 radical (unpaired) electrons. The van der Waals surface area contributed by atoms with Crippen LogP contribution in [0.1, 0.15) is 18.4 Å². The Kier molecular flexibility index (Phi) is 5.05. The predicted octanol–water partition coefficient (Wildman–Crippen LogP) is 6.47. The standard InChI is InChI=1S/C24H19BrO3/c1-15(16-6-7-18-13-20(27-2)9-8-17(18)12-16)24(26)28-21-10-11-22-19(14-21)4-3-5-23(22)25/h3-15H,1-2H3. The quantitative estimate of drug-likeness (QED) is 0.272. The topological polar surface area (TPSA) is 35.5 Å². The molecule has 0 saturated carbocycles. The zero-order valence-electron chi connectivity index (χ0n) is 15.6. The second-order valence-electron chi connectivity index (χ2n) is 6.74. The van der Waals surface area contributed by atoms with Crippen LogP contribution >= 0.6 is 15.9 Å². The third-order valence-electron chi connectivity index (χ3n) is 4.94. The van der Waals surface area contributed by atoms with E-state index in [2.05, 4.69) is 15.9 Å². The van der Waals surface area contributed by atoms with Gasteiger partial charge in [0.15, 0.2) is 0 Å². The summed E-state index contributed by atoms with van der Waals surface area (Å²) in [5.41, 5.74) is 0.922. The SMILES string of the molecule is COc1ccc2cc(C(C)C(=O)Oc3ccc4c(Br)cccc4c3)ccc2c1. The Hall–Kier alpha value is -2.85. The minimum Gasteiger partial charge on any atom is -0.497 e. The number of hydrogen-bond donors (Lipinski definition) is 0. The van der Waals surface area contributed by atoms with E-state index in [9.17, 15) is 4.79 Å². The molecule has 0 aliphatic rings. The number of ether oxygens (including phenoxy) is 2. The monoisotopic (exact) mass is 434 g/mol. The zero-order chi connectivity index (χ0) is 19.7. The van der Waals surface area contributed by atoms with E-state index in [-0.39, 0.29) is 11.9 Å². The van der Waals surface area contributed by atoms with Gasteiger partial charge in [-0.05, 0) is 70.4 Å². The molecule has 0 aromatic heterocycles. The van der Waals surface area contributed by atoms with E-state index < -0.39 is 0 Å². The van der Waals surface area contributed by atoms with Gasteiger partial charge in [-0.1, -0.05) is 52.3 Å². The van der Waals surface area contributed by atoms with Crippen molar-refractivity contribution in [3.8, 4) is 11.5 Å². The summed E-state index contributed by atoms with van der Waals surface area (Å²) in [6.07, 6.45) is 0. The van der Waals surface area contributed by atoms with Gasteiger partial charge in [0.2, 0.25) is 0 Å². The number of rotatable bonds is 4. The molecule has 4 rings (SSSR count). The summed E-state index contributed by atoms with van der Waals surface area (Å²) in [7, 11) is 1.65. The van der Waals surface area contributed by atoms with Crippen molar-refractivity contribution in [3.05, 3.63) is 82.8 Å². The van der Waals surface area contributed by atoms with Gasteiger partial charge < -0.3 is 9.47 Å². The summed E-state index contributed by atoms with van der Waals surface area (Å²) in [5, 5.41) is 4.24. The van der Waals surface area contributed by atoms with Crippen molar-refractivity contribution in [1.82, 2.24) is 0 Å². The number of carbonyl (C=O) groups excluding carboxylic acids is 1. The second kappa shape index (κ2) is 7.64. The van der Waals surface area contributed by atoms with Crippen LogP contribution in [0.3, 0.4) is 0 Å². The maximum absolute atomic E-state index is 12.7. The minimum atomic E-state index is -0.371. The first-order valence-corrected chi connectivity index (χ1v) is 9.82. The van der Waals surface area contributed by atoms with E-state index in [0.717, 1.165) is 37.3 Å². The first-order valence-electron chi connectivity index (χ1n) is 9.03. The van der Waals surface area contributed by atoms with Gasteiger partial charge in [0, 0.05) is 4.47 Å². The molecule has 0 bridgehead atoms. The molecule has 0 fully saturated rings. The Morgan fingerprint density at radius 3 is 2.39 bits per heavy atom. The molecule has 0 spiro atoms. The summed E-state index contributed by atoms with van der Waals surface area (Å²) in [5.74, 6) is 0.718. The number of esters is 1. The molecule has 1 atom stereocenters. The van der Waals surface area contributed by atoms with Crippen LogP contribution in [-0.4, -0.2) is 13.1 Å². The molecule has 0 N–H and O–H groups in total. The molecule has 0 heterocycles. The molecule has 4 heteroatoms. The molecule has 4 aromatic rings. The number of benzene rings is 4. The summed E-state index contributed by atoms with van der Waals surface area (Å²) in [6.45, 7) is 1.87. The lowest BCUT2D eigenvalue weighted by atomic mass is 9.98. The smallest absolute Gasteiger partial charge is 0.318 e. The molecule has 1 unspecified atom stereocenters. The second-order valence-corrected chi connectivity index (χ2v) is 7.59. The van der Waals surface area contributed by atoms with Crippen LogP contribution in [-0.2, 0) is 4.79 Å². The number of hydrogen-bond acceptors (Lipinski definition) is 3. The van der Waals surface area contributed by atoms with Crippen molar-refractivity contribution in [2.45, 2.75) is 12.8 Å². The van der Waals surface area contributed by atoms with Crippen LogP contribution < -0.4 is 9.47 Å². The molecular formula is C24H19BrO3. The van der Waals surface area contributed by atoms with Crippen molar-refractivity contribution >= 4 is 43.4 Å². The van der Waals surface area contributed by atoms with Crippen LogP contribution in [0.2, 0.25) is 0 Å². The predicted molar refractivity (Wildman–Crippen MR) is 116 cm³/mol. The fourth-order valence-electron chi connectivity index (χ4n) is 3.26. The van der Waals surface area contributed by atoms with Gasteiger partial charge in [0.25, 0.3) is 0 Å². The number of fused-ring (bicyclic) bond motifs is 2. The number of carbonyl (C=O) groups is 1. The fourth-order valence-corrected chi connectivity index (χ4v) is 3.78. The zero-order valence-corrected chi connectivity index (χ0v) is 17.2. The number of halogens is 1. The van der Waals surface area contributed by atoms with Crippen molar-refractivity contribution in [3.63, 3.8) is 0 Å². The third-order valence-corrected chi connectivity index (χ3v) is 5.63. The van der Waals surface area contributed by atoms with E-state index in [1.165, 1.54) is 0 Å². The summed E-state index contributed by atoms with van der Waals surface area (Å²) in [4.78, 5) is 12.7. The highest BCUT2D eigenvalue weighted by Crippen LogP contribution is 2.29. The van der Waals surface area contributed by atoms with Crippen LogP contribution in [0.15, 0.2) is 77.3 Å². The van der Waals surface area contributed by atoms with E-state index in [1.807, 2.05) is 79.7 Å². The Morgan fingerprint density at radius 1 is 0.857 bits per heavy atom. The van der Waals surface area contributed by atoms with Gasteiger partial charge in [-0.15, -0.1) is 0 Å². The molecule has 140 valence electrons. The average Bonchev–Trinajstić information content (AvgIpc) is 2.72. The van der Waals surface area contributed by atoms with Crippen molar-refractivity contribution < 1.29 is 14.3 Å². The van der Waals surface area contributed by atoms with Crippen molar-refractivity contribution in [1.29, 1.82) is 0 Å². The maximum Gasteiger partial charge on any atom is 0.318 e. The number of methoxy groups -OCH3 is 1. The van der Waals surface area contributed by atoms with Gasteiger partial charge in [0.1, 0.15) is 11.5 Å². The summed E-state index contributed by atoms with van der Waals surface area (Å²) in [6, 6.07) is 23.5. The Bertz CT molecular complexity index is 1180. The lowest BCUT2D eigenvalue weighted by molar-refractivity contribution is -0.135. The Labute approximate surface area is 172 Å². The molecule has 4 aromatic carbocycles. The van der Waals surface area contributed by atoms with Crippen LogP contribution in [0.4, 0.5) is 0 Å². The molecule has 0 amide bonds. The van der Waals surface area contributed by atoms with E-state index in [4.69, 9.17) is 9.47 Å². The first-order chi connectivity index (χ1) is 13.5. The molecule has 0 aliphatic carbocycles. The molecule has 0 saturated heterocycles. The highest BCUT2D eigenvalue weighted by atomic mass is 79.9. The lowest BCUT2D eigenvalue weighted by Gasteiger charge is -2.13. The molecule has 3 nitrogen and oxygen atoms in total.